The average Bonchev–Trinajstić information content (AvgIpc) is 2.93. The summed E-state index contributed by atoms with van der Waals surface area (Å²) in [7, 11) is 1.64. The fourth-order valence-electron chi connectivity index (χ4n) is 2.71. The molecule has 8 heteroatoms. The number of methoxy groups -OCH3 is 1. The first kappa shape index (κ1) is 17.3. The summed E-state index contributed by atoms with van der Waals surface area (Å²) in [6.07, 6.45) is 2.77. The molecule has 1 fully saturated rings. The molecular formula is C16H22BrN5O2. The summed E-state index contributed by atoms with van der Waals surface area (Å²) < 4.78 is 11.6. The average molecular weight is 396 g/mol. The van der Waals surface area contributed by atoms with Gasteiger partial charge in [0.05, 0.1) is 6.54 Å². The van der Waals surface area contributed by atoms with E-state index in [4.69, 9.17) is 9.26 Å². The van der Waals surface area contributed by atoms with Gasteiger partial charge < -0.3 is 14.2 Å². The van der Waals surface area contributed by atoms with Gasteiger partial charge in [-0.25, -0.2) is 4.98 Å². The van der Waals surface area contributed by atoms with Crippen LogP contribution in [-0.2, 0) is 11.3 Å². The molecular weight excluding hydrogens is 374 g/mol. The van der Waals surface area contributed by atoms with Crippen molar-refractivity contribution >= 4 is 21.7 Å². The Kier molecular flexibility index (Phi) is 5.80. The Balaban J connectivity index is 1.57. The molecule has 24 heavy (non-hydrogen) atoms. The molecule has 0 bridgehead atoms. The van der Waals surface area contributed by atoms with Crippen LogP contribution in [0, 0.1) is 0 Å². The summed E-state index contributed by atoms with van der Waals surface area (Å²) >= 11 is 3.43. The van der Waals surface area contributed by atoms with Crippen LogP contribution < -0.4 is 4.90 Å². The van der Waals surface area contributed by atoms with E-state index in [0.717, 1.165) is 42.9 Å². The van der Waals surface area contributed by atoms with Gasteiger partial charge >= 0.3 is 0 Å². The number of nitrogens with zero attached hydrogens (tertiary/aromatic N) is 5. The van der Waals surface area contributed by atoms with Crippen LogP contribution in [0.25, 0.3) is 0 Å². The largest absolute Gasteiger partial charge is 0.374 e. The summed E-state index contributed by atoms with van der Waals surface area (Å²) in [6.45, 7) is 6.46. The predicted octanol–water partition coefficient (Wildman–Crippen LogP) is 2.65. The summed E-state index contributed by atoms with van der Waals surface area (Å²) in [5.41, 5.74) is 0. The Morgan fingerprint density at radius 2 is 2.17 bits per heavy atom. The summed E-state index contributed by atoms with van der Waals surface area (Å²) in [6, 6.07) is 4.08. The Labute approximate surface area is 150 Å². The SMILES string of the molecule is COC(C)c1noc(CN2CCCN(c3ccc(Br)cn3)CC2)n1. The highest BCUT2D eigenvalue weighted by molar-refractivity contribution is 9.10. The van der Waals surface area contributed by atoms with Crippen molar-refractivity contribution in [2.45, 2.75) is 26.0 Å². The summed E-state index contributed by atoms with van der Waals surface area (Å²) in [5, 5.41) is 3.98. The van der Waals surface area contributed by atoms with Crippen molar-refractivity contribution in [3.63, 3.8) is 0 Å². The number of rotatable bonds is 5. The van der Waals surface area contributed by atoms with E-state index in [1.807, 2.05) is 19.2 Å². The van der Waals surface area contributed by atoms with Gasteiger partial charge in [-0.15, -0.1) is 0 Å². The molecule has 0 amide bonds. The predicted molar refractivity (Wildman–Crippen MR) is 93.8 cm³/mol. The lowest BCUT2D eigenvalue weighted by Gasteiger charge is -2.22. The van der Waals surface area contributed by atoms with Gasteiger partial charge in [0.1, 0.15) is 11.9 Å². The van der Waals surface area contributed by atoms with Crippen LogP contribution in [0.3, 0.4) is 0 Å². The molecule has 0 aromatic carbocycles. The Hall–Kier alpha value is -1.51. The molecule has 0 aliphatic carbocycles. The molecule has 0 radical (unpaired) electrons. The van der Waals surface area contributed by atoms with E-state index in [1.165, 1.54) is 0 Å². The molecule has 1 unspecified atom stereocenters. The summed E-state index contributed by atoms with van der Waals surface area (Å²) in [5.74, 6) is 2.26. The highest BCUT2D eigenvalue weighted by Gasteiger charge is 2.19. The monoisotopic (exact) mass is 395 g/mol. The standard InChI is InChI=1S/C16H22BrN5O2/c1-12(23-2)16-19-15(24-20-16)11-21-6-3-7-22(9-8-21)14-5-4-13(17)10-18-14/h4-5,10,12H,3,6-9,11H2,1-2H3. The zero-order chi connectivity index (χ0) is 16.9. The molecule has 1 atom stereocenters. The topological polar surface area (TPSA) is 67.5 Å². The second kappa shape index (κ2) is 8.04. The number of hydrogen-bond acceptors (Lipinski definition) is 7. The lowest BCUT2D eigenvalue weighted by Crippen LogP contribution is -2.31. The van der Waals surface area contributed by atoms with Crippen LogP contribution >= 0.6 is 15.9 Å². The third-order valence-electron chi connectivity index (χ3n) is 4.18. The first-order chi connectivity index (χ1) is 11.7. The van der Waals surface area contributed by atoms with Crippen LogP contribution in [0.5, 0.6) is 0 Å². The maximum atomic E-state index is 5.34. The van der Waals surface area contributed by atoms with E-state index in [-0.39, 0.29) is 6.10 Å². The molecule has 7 nitrogen and oxygen atoms in total. The third-order valence-corrected chi connectivity index (χ3v) is 4.65. The molecule has 130 valence electrons. The second-order valence-electron chi connectivity index (χ2n) is 5.88. The zero-order valence-electron chi connectivity index (χ0n) is 14.0. The van der Waals surface area contributed by atoms with Gasteiger partial charge in [0.25, 0.3) is 0 Å². The van der Waals surface area contributed by atoms with E-state index < -0.39 is 0 Å². The molecule has 0 N–H and O–H groups in total. The lowest BCUT2D eigenvalue weighted by atomic mass is 10.3. The van der Waals surface area contributed by atoms with E-state index in [0.29, 0.717) is 18.3 Å². The van der Waals surface area contributed by atoms with Crippen molar-refractivity contribution in [2.24, 2.45) is 0 Å². The van der Waals surface area contributed by atoms with Gasteiger partial charge in [-0.1, -0.05) is 5.16 Å². The minimum absolute atomic E-state index is 0.148. The number of aromatic nitrogens is 3. The van der Waals surface area contributed by atoms with Crippen LogP contribution in [0.1, 0.15) is 31.2 Å². The fourth-order valence-corrected chi connectivity index (χ4v) is 2.94. The van der Waals surface area contributed by atoms with E-state index in [9.17, 15) is 0 Å². The first-order valence-corrected chi connectivity index (χ1v) is 8.89. The second-order valence-corrected chi connectivity index (χ2v) is 6.79. The Morgan fingerprint density at radius 3 is 2.92 bits per heavy atom. The van der Waals surface area contributed by atoms with Gasteiger partial charge in [-0.05, 0) is 41.4 Å². The van der Waals surface area contributed by atoms with Crippen LogP contribution in [0.2, 0.25) is 0 Å². The minimum atomic E-state index is -0.148. The van der Waals surface area contributed by atoms with Crippen molar-refractivity contribution in [3.05, 3.63) is 34.5 Å². The van der Waals surface area contributed by atoms with E-state index in [1.54, 1.807) is 7.11 Å². The van der Waals surface area contributed by atoms with Gasteiger partial charge in [0.15, 0.2) is 5.82 Å². The maximum Gasteiger partial charge on any atom is 0.240 e. The quantitative estimate of drug-likeness (QED) is 0.770. The van der Waals surface area contributed by atoms with Gasteiger partial charge in [-0.3, -0.25) is 4.90 Å². The number of anilines is 1. The number of halogens is 1. The van der Waals surface area contributed by atoms with Crippen LogP contribution in [0.15, 0.2) is 27.3 Å². The molecule has 3 rings (SSSR count). The van der Waals surface area contributed by atoms with Crippen LogP contribution in [-0.4, -0.2) is 53.3 Å². The highest BCUT2D eigenvalue weighted by atomic mass is 79.9. The summed E-state index contributed by atoms with van der Waals surface area (Å²) in [4.78, 5) is 13.6. The van der Waals surface area contributed by atoms with Crippen molar-refractivity contribution in [3.8, 4) is 0 Å². The molecule has 0 spiro atoms. The lowest BCUT2D eigenvalue weighted by molar-refractivity contribution is 0.109. The smallest absolute Gasteiger partial charge is 0.240 e. The van der Waals surface area contributed by atoms with Crippen LogP contribution in [0.4, 0.5) is 5.82 Å². The fraction of sp³-hybridized carbons (Fsp3) is 0.562. The third kappa shape index (κ3) is 4.31. The Morgan fingerprint density at radius 1 is 1.29 bits per heavy atom. The highest BCUT2D eigenvalue weighted by Crippen LogP contribution is 2.18. The Bertz CT molecular complexity index is 648. The van der Waals surface area contributed by atoms with E-state index in [2.05, 4.69) is 46.9 Å². The number of pyridine rings is 1. The van der Waals surface area contributed by atoms with E-state index >= 15 is 0 Å². The molecule has 0 saturated carbocycles. The van der Waals surface area contributed by atoms with Crippen molar-refractivity contribution in [1.82, 2.24) is 20.0 Å². The molecule has 3 heterocycles. The zero-order valence-corrected chi connectivity index (χ0v) is 15.6. The molecule has 1 aliphatic rings. The molecule has 2 aromatic heterocycles. The normalized spacial score (nSPS) is 17.7. The van der Waals surface area contributed by atoms with Gasteiger partial charge in [-0.2, -0.15) is 4.98 Å². The van der Waals surface area contributed by atoms with Crippen molar-refractivity contribution < 1.29 is 9.26 Å². The minimum Gasteiger partial charge on any atom is -0.374 e. The van der Waals surface area contributed by atoms with Crippen molar-refractivity contribution in [1.29, 1.82) is 0 Å². The number of hydrogen-bond donors (Lipinski definition) is 0. The maximum absolute atomic E-state index is 5.34. The van der Waals surface area contributed by atoms with Gasteiger partial charge in [0, 0.05) is 44.0 Å². The van der Waals surface area contributed by atoms with Crippen molar-refractivity contribution in [2.75, 3.05) is 38.2 Å². The molecule has 1 aliphatic heterocycles. The first-order valence-electron chi connectivity index (χ1n) is 8.10. The van der Waals surface area contributed by atoms with Gasteiger partial charge in [0.2, 0.25) is 5.89 Å². The number of ether oxygens (including phenoxy) is 1. The molecule has 2 aromatic rings. The molecule has 1 saturated heterocycles.